The van der Waals surface area contributed by atoms with Crippen LogP contribution in [0.15, 0.2) is 50.6 Å². The van der Waals surface area contributed by atoms with Gasteiger partial charge in [0.2, 0.25) is 0 Å². The van der Waals surface area contributed by atoms with Gasteiger partial charge in [-0.25, -0.2) is 4.40 Å². The van der Waals surface area contributed by atoms with Crippen molar-refractivity contribution in [2.75, 3.05) is 6.26 Å². The van der Waals surface area contributed by atoms with Crippen LogP contribution in [0.25, 0.3) is 5.57 Å². The maximum atomic E-state index is 5.53. The number of thioether (sulfide) groups is 1. The van der Waals surface area contributed by atoms with Crippen molar-refractivity contribution >= 4 is 46.4 Å². The molecule has 1 nitrogen and oxygen atoms in total. The normalized spacial score (nSPS) is 17.5. The highest BCUT2D eigenvalue weighted by Crippen LogP contribution is 2.26. The minimum absolute atomic E-state index is 0.857. The predicted octanol–water partition coefficient (Wildman–Crippen LogP) is 3.05. The molecule has 1 aromatic rings. The fourth-order valence-corrected chi connectivity index (χ4v) is 3.77. The van der Waals surface area contributed by atoms with Crippen LogP contribution in [0, 0.1) is 0 Å². The van der Waals surface area contributed by atoms with E-state index in [1.54, 1.807) is 11.8 Å². The molecule has 1 heterocycles. The molecular formula is C14H11NS3. The Morgan fingerprint density at radius 1 is 1.39 bits per heavy atom. The van der Waals surface area contributed by atoms with Crippen molar-refractivity contribution in [3.63, 3.8) is 0 Å². The summed E-state index contributed by atoms with van der Waals surface area (Å²) in [5.41, 5.74) is 2.38. The number of thiocarbonyl (C=S) groups is 1. The number of rotatable bonds is 1. The summed E-state index contributed by atoms with van der Waals surface area (Å²) in [6.07, 6.45) is 7.21. The van der Waals surface area contributed by atoms with E-state index >= 15 is 0 Å². The summed E-state index contributed by atoms with van der Waals surface area (Å²) in [6, 6.07) is 6.32. The van der Waals surface area contributed by atoms with Crippen LogP contribution in [-0.4, -0.2) is 11.1 Å². The van der Waals surface area contributed by atoms with Crippen LogP contribution >= 0.6 is 35.9 Å². The van der Waals surface area contributed by atoms with E-state index in [1.165, 1.54) is 33.2 Å². The highest BCUT2D eigenvalue weighted by molar-refractivity contribution is 8.01. The van der Waals surface area contributed by atoms with Gasteiger partial charge in [0.25, 0.3) is 0 Å². The molecule has 4 heteroatoms. The summed E-state index contributed by atoms with van der Waals surface area (Å²) < 4.78 is 4.62. The average molecular weight is 289 g/mol. The number of hydrogen-bond donors (Lipinski definition) is 0. The third-order valence-corrected chi connectivity index (χ3v) is 4.77. The molecule has 3 rings (SSSR count). The monoisotopic (exact) mass is 289 g/mol. The SMILES string of the molecule is CSc1cccc2c1=NSC=C1C=CCC(=S)C=21. The second-order valence-electron chi connectivity index (χ2n) is 4.03. The molecule has 0 atom stereocenters. The summed E-state index contributed by atoms with van der Waals surface area (Å²) >= 11 is 8.75. The van der Waals surface area contributed by atoms with Gasteiger partial charge in [0, 0.05) is 44.3 Å². The topological polar surface area (TPSA) is 12.4 Å². The molecule has 90 valence electrons. The molecule has 0 spiro atoms. The molecule has 1 aliphatic carbocycles. The van der Waals surface area contributed by atoms with Crippen molar-refractivity contribution in [1.29, 1.82) is 0 Å². The molecule has 0 radical (unpaired) electrons. The molecule has 1 aliphatic heterocycles. The molecule has 0 bridgehead atoms. The minimum atomic E-state index is 0.857. The second kappa shape index (κ2) is 5.03. The Labute approximate surface area is 120 Å². The Hall–Kier alpha value is -0.840. The molecule has 0 amide bonds. The van der Waals surface area contributed by atoms with Gasteiger partial charge in [-0.1, -0.05) is 36.5 Å². The first-order valence-electron chi connectivity index (χ1n) is 5.62. The van der Waals surface area contributed by atoms with Crippen LogP contribution in [0.4, 0.5) is 0 Å². The molecule has 18 heavy (non-hydrogen) atoms. The predicted molar refractivity (Wildman–Crippen MR) is 84.4 cm³/mol. The molecule has 0 saturated heterocycles. The lowest BCUT2D eigenvalue weighted by Crippen LogP contribution is -2.31. The lowest BCUT2D eigenvalue weighted by atomic mass is 9.94. The molecule has 1 aromatic carbocycles. The van der Waals surface area contributed by atoms with Gasteiger partial charge in [0.05, 0.1) is 5.36 Å². The largest absolute Gasteiger partial charge is 0.210 e. The van der Waals surface area contributed by atoms with E-state index in [2.05, 4.69) is 46.4 Å². The Morgan fingerprint density at radius 3 is 3.11 bits per heavy atom. The summed E-state index contributed by atoms with van der Waals surface area (Å²) in [4.78, 5) is 2.22. The maximum absolute atomic E-state index is 5.53. The van der Waals surface area contributed by atoms with Crippen molar-refractivity contribution in [3.05, 3.63) is 51.9 Å². The Morgan fingerprint density at radius 2 is 2.28 bits per heavy atom. The van der Waals surface area contributed by atoms with Crippen molar-refractivity contribution in [2.24, 2.45) is 4.40 Å². The Bertz CT molecular complexity index is 698. The molecule has 0 aromatic heterocycles. The third-order valence-electron chi connectivity index (χ3n) is 2.98. The van der Waals surface area contributed by atoms with Gasteiger partial charge in [-0.05, 0) is 17.9 Å². The van der Waals surface area contributed by atoms with Gasteiger partial charge in [-0.2, -0.15) is 0 Å². The molecule has 0 unspecified atom stereocenters. The van der Waals surface area contributed by atoms with Crippen LogP contribution in [0.1, 0.15) is 6.42 Å². The summed E-state index contributed by atoms with van der Waals surface area (Å²) in [7, 11) is 0. The van der Waals surface area contributed by atoms with Gasteiger partial charge < -0.3 is 0 Å². The van der Waals surface area contributed by atoms with Gasteiger partial charge in [0.1, 0.15) is 0 Å². The quantitative estimate of drug-likeness (QED) is 0.448. The van der Waals surface area contributed by atoms with Crippen LogP contribution < -0.4 is 10.6 Å². The summed E-state index contributed by atoms with van der Waals surface area (Å²) in [6.45, 7) is 0. The number of fused-ring (bicyclic) bond motifs is 2. The zero-order chi connectivity index (χ0) is 12.5. The molecule has 2 aliphatic rings. The standard InChI is InChI=1S/C14H11NS3/c1-17-12-7-3-5-10-13-9(4-2-6-11(13)16)8-18-15-14(10)12/h2-5,7-8H,6H2,1H3. The van der Waals surface area contributed by atoms with E-state index in [9.17, 15) is 0 Å². The zero-order valence-electron chi connectivity index (χ0n) is 9.84. The number of hydrogen-bond acceptors (Lipinski definition) is 4. The molecule has 0 N–H and O–H groups in total. The van der Waals surface area contributed by atoms with Crippen molar-refractivity contribution in [3.8, 4) is 0 Å². The first-order valence-corrected chi connectivity index (χ1v) is 8.09. The van der Waals surface area contributed by atoms with Gasteiger partial charge in [-0.3, -0.25) is 0 Å². The van der Waals surface area contributed by atoms with E-state index in [-0.39, 0.29) is 0 Å². The van der Waals surface area contributed by atoms with E-state index < -0.39 is 0 Å². The zero-order valence-corrected chi connectivity index (χ0v) is 12.3. The van der Waals surface area contributed by atoms with Crippen LogP contribution in [0.5, 0.6) is 0 Å². The van der Waals surface area contributed by atoms with Crippen LogP contribution in [-0.2, 0) is 0 Å². The first kappa shape index (κ1) is 12.2. The molecular weight excluding hydrogens is 278 g/mol. The first-order chi connectivity index (χ1) is 8.81. The Kier molecular flexibility index (Phi) is 3.41. The van der Waals surface area contributed by atoms with Crippen LogP contribution in [0.3, 0.4) is 0 Å². The van der Waals surface area contributed by atoms with Crippen molar-refractivity contribution in [1.82, 2.24) is 0 Å². The smallest absolute Gasteiger partial charge is 0.0931 e. The van der Waals surface area contributed by atoms with Gasteiger partial charge in [-0.15, -0.1) is 11.8 Å². The second-order valence-corrected chi connectivity index (χ2v) is 6.00. The third kappa shape index (κ3) is 1.98. The van der Waals surface area contributed by atoms with Crippen molar-refractivity contribution in [2.45, 2.75) is 11.3 Å². The number of benzene rings is 1. The highest BCUT2D eigenvalue weighted by Gasteiger charge is 2.16. The molecule has 0 saturated carbocycles. The van der Waals surface area contributed by atoms with Gasteiger partial charge >= 0.3 is 0 Å². The minimum Gasteiger partial charge on any atom is -0.210 e. The molecule has 0 fully saturated rings. The maximum Gasteiger partial charge on any atom is 0.0931 e. The summed E-state index contributed by atoms with van der Waals surface area (Å²) in [5.74, 6) is 0. The van der Waals surface area contributed by atoms with Crippen molar-refractivity contribution < 1.29 is 0 Å². The number of allylic oxidation sites excluding steroid dienone is 3. The van der Waals surface area contributed by atoms with Gasteiger partial charge in [0.15, 0.2) is 0 Å². The lowest BCUT2D eigenvalue weighted by molar-refractivity contribution is 1.25. The summed E-state index contributed by atoms with van der Waals surface area (Å²) in [5, 5.41) is 4.32. The van der Waals surface area contributed by atoms with E-state index in [0.29, 0.717) is 0 Å². The Balaban J connectivity index is 2.45. The fourth-order valence-electron chi connectivity index (χ4n) is 2.16. The fraction of sp³-hybridized carbons (Fsp3) is 0.143. The van der Waals surface area contributed by atoms with E-state index in [0.717, 1.165) is 16.6 Å². The highest BCUT2D eigenvalue weighted by atomic mass is 32.2. The lowest BCUT2D eigenvalue weighted by Gasteiger charge is -2.13. The van der Waals surface area contributed by atoms with E-state index in [4.69, 9.17) is 12.2 Å². The van der Waals surface area contributed by atoms with Crippen LogP contribution in [0.2, 0.25) is 0 Å². The van der Waals surface area contributed by atoms with E-state index in [1.807, 2.05) is 0 Å². The number of nitrogens with zero attached hydrogens (tertiary/aromatic N) is 1. The average Bonchev–Trinajstić information content (AvgIpc) is 2.58.